The van der Waals surface area contributed by atoms with Gasteiger partial charge >= 0.3 is 0 Å². The molecule has 1 aromatic heterocycles. The van der Waals surface area contributed by atoms with Crippen LogP contribution in [0.5, 0.6) is 0 Å². The van der Waals surface area contributed by atoms with Crippen LogP contribution in [0.3, 0.4) is 0 Å². The van der Waals surface area contributed by atoms with Gasteiger partial charge in [-0.25, -0.2) is 12.7 Å². The Morgan fingerprint density at radius 2 is 2.15 bits per heavy atom. The molecule has 1 aromatic rings. The van der Waals surface area contributed by atoms with Crippen molar-refractivity contribution in [1.29, 1.82) is 0 Å². The summed E-state index contributed by atoms with van der Waals surface area (Å²) in [6, 6.07) is 1.47. The first-order valence-electron chi connectivity index (χ1n) is 6.38. The Labute approximate surface area is 119 Å². The molecule has 1 rings (SSSR count). The summed E-state index contributed by atoms with van der Waals surface area (Å²) in [7, 11) is -3.59. The molecule has 0 bridgehead atoms. The second kappa shape index (κ2) is 6.74. The van der Waals surface area contributed by atoms with E-state index in [4.69, 9.17) is 4.52 Å². The molecule has 20 heavy (non-hydrogen) atoms. The van der Waals surface area contributed by atoms with Crippen LogP contribution in [0.1, 0.15) is 26.0 Å². The van der Waals surface area contributed by atoms with Crippen LogP contribution in [0.15, 0.2) is 10.6 Å². The van der Waals surface area contributed by atoms with Crippen LogP contribution < -0.4 is 9.62 Å². The van der Waals surface area contributed by atoms with Crippen LogP contribution in [0.25, 0.3) is 0 Å². The summed E-state index contributed by atoms with van der Waals surface area (Å²) in [5.74, 6) is 0.703. The third-order valence-corrected chi connectivity index (χ3v) is 3.72. The molecule has 0 aliphatic rings. The second-order valence-corrected chi connectivity index (χ2v) is 7.00. The molecule has 8 heteroatoms. The highest BCUT2D eigenvalue weighted by atomic mass is 32.2. The number of anilines is 1. The first kappa shape index (κ1) is 16.5. The largest absolute Gasteiger partial charge is 0.360 e. The van der Waals surface area contributed by atoms with Crippen LogP contribution in [0, 0.1) is 12.8 Å². The molecule has 0 unspecified atom stereocenters. The molecule has 1 N–H and O–H groups in total. The summed E-state index contributed by atoms with van der Waals surface area (Å²) in [5, 5.41) is 6.33. The molecule has 114 valence electrons. The molecule has 0 aromatic carbocycles. The Hall–Kier alpha value is -1.57. The van der Waals surface area contributed by atoms with Crippen molar-refractivity contribution < 1.29 is 17.7 Å². The molecule has 0 atom stereocenters. The summed E-state index contributed by atoms with van der Waals surface area (Å²) in [6.07, 6.45) is 1.87. The van der Waals surface area contributed by atoms with Gasteiger partial charge in [-0.2, -0.15) is 0 Å². The molecule has 0 spiro atoms. The second-order valence-electron chi connectivity index (χ2n) is 5.10. The monoisotopic (exact) mass is 303 g/mol. The molecule has 0 saturated heterocycles. The van der Waals surface area contributed by atoms with Gasteiger partial charge in [0.05, 0.1) is 6.26 Å². The molecule has 0 aliphatic carbocycles. The topological polar surface area (TPSA) is 92.5 Å². The van der Waals surface area contributed by atoms with Gasteiger partial charge in [-0.3, -0.25) is 4.79 Å². The number of amides is 1. The highest BCUT2D eigenvalue weighted by molar-refractivity contribution is 7.92. The summed E-state index contributed by atoms with van der Waals surface area (Å²) in [4.78, 5) is 11.8. The lowest BCUT2D eigenvalue weighted by Gasteiger charge is -2.18. The van der Waals surface area contributed by atoms with Gasteiger partial charge in [0.15, 0.2) is 5.82 Å². The number of hydrogen-bond acceptors (Lipinski definition) is 5. The molecule has 0 saturated carbocycles. The van der Waals surface area contributed by atoms with Gasteiger partial charge in [0.2, 0.25) is 15.9 Å². The Balaban J connectivity index is 2.70. The van der Waals surface area contributed by atoms with E-state index in [1.165, 1.54) is 6.07 Å². The Morgan fingerprint density at radius 3 is 2.60 bits per heavy atom. The number of aryl methyl sites for hydroxylation is 1. The zero-order valence-electron chi connectivity index (χ0n) is 12.2. The van der Waals surface area contributed by atoms with Gasteiger partial charge < -0.3 is 9.84 Å². The smallest absolute Gasteiger partial charge is 0.240 e. The summed E-state index contributed by atoms with van der Waals surface area (Å²) < 4.78 is 29.2. The first-order chi connectivity index (χ1) is 9.20. The third-order valence-electron chi connectivity index (χ3n) is 2.60. The highest BCUT2D eigenvalue weighted by Crippen LogP contribution is 2.16. The predicted molar refractivity (Wildman–Crippen MR) is 75.9 cm³/mol. The SMILES string of the molecule is Cc1cc(N(CC(=O)NCCC(C)C)S(C)(=O)=O)no1. The van der Waals surface area contributed by atoms with Crippen LogP contribution >= 0.6 is 0 Å². The minimum absolute atomic E-state index is 0.115. The third kappa shape index (κ3) is 5.20. The van der Waals surface area contributed by atoms with Crippen molar-refractivity contribution in [3.63, 3.8) is 0 Å². The summed E-state index contributed by atoms with van der Waals surface area (Å²) in [5.41, 5.74) is 0. The number of nitrogens with zero attached hydrogens (tertiary/aromatic N) is 2. The van der Waals surface area contributed by atoms with Crippen molar-refractivity contribution in [1.82, 2.24) is 10.5 Å². The zero-order valence-corrected chi connectivity index (χ0v) is 13.0. The number of aromatic nitrogens is 1. The lowest BCUT2D eigenvalue weighted by Crippen LogP contribution is -2.41. The van der Waals surface area contributed by atoms with Crippen molar-refractivity contribution >= 4 is 21.7 Å². The van der Waals surface area contributed by atoms with Crippen LogP contribution in [0.4, 0.5) is 5.82 Å². The van der Waals surface area contributed by atoms with E-state index in [1.807, 2.05) is 13.8 Å². The fraction of sp³-hybridized carbons (Fsp3) is 0.667. The molecule has 0 aliphatic heterocycles. The average molecular weight is 303 g/mol. The molecule has 0 radical (unpaired) electrons. The van der Waals surface area contributed by atoms with E-state index in [-0.39, 0.29) is 18.3 Å². The zero-order chi connectivity index (χ0) is 15.3. The van der Waals surface area contributed by atoms with E-state index in [9.17, 15) is 13.2 Å². The Kier molecular flexibility index (Phi) is 5.55. The molecular formula is C12H21N3O4S. The van der Waals surface area contributed by atoms with Gasteiger partial charge in [-0.05, 0) is 19.3 Å². The maximum absolute atomic E-state index is 11.8. The van der Waals surface area contributed by atoms with Crippen molar-refractivity contribution in [2.45, 2.75) is 27.2 Å². The van der Waals surface area contributed by atoms with Crippen LogP contribution in [-0.4, -0.2) is 38.8 Å². The van der Waals surface area contributed by atoms with Crippen LogP contribution in [0.2, 0.25) is 0 Å². The Morgan fingerprint density at radius 1 is 1.50 bits per heavy atom. The van der Waals surface area contributed by atoms with E-state index in [1.54, 1.807) is 6.92 Å². The van der Waals surface area contributed by atoms with E-state index in [2.05, 4.69) is 10.5 Å². The molecular weight excluding hydrogens is 282 g/mol. The van der Waals surface area contributed by atoms with Crippen molar-refractivity contribution in [3.8, 4) is 0 Å². The molecule has 1 amide bonds. The van der Waals surface area contributed by atoms with Gasteiger partial charge in [-0.1, -0.05) is 19.0 Å². The average Bonchev–Trinajstić information content (AvgIpc) is 2.70. The first-order valence-corrected chi connectivity index (χ1v) is 8.22. The maximum atomic E-state index is 11.8. The number of carbonyl (C=O) groups is 1. The van der Waals surface area contributed by atoms with Crippen molar-refractivity contribution in [3.05, 3.63) is 11.8 Å². The van der Waals surface area contributed by atoms with Gasteiger partial charge in [0, 0.05) is 12.6 Å². The highest BCUT2D eigenvalue weighted by Gasteiger charge is 2.23. The minimum atomic E-state index is -3.59. The van der Waals surface area contributed by atoms with Crippen LogP contribution in [-0.2, 0) is 14.8 Å². The fourth-order valence-corrected chi connectivity index (χ4v) is 2.30. The number of hydrogen-bond donors (Lipinski definition) is 1. The molecule has 7 nitrogen and oxygen atoms in total. The van der Waals surface area contributed by atoms with E-state index in [0.717, 1.165) is 17.0 Å². The maximum Gasteiger partial charge on any atom is 0.240 e. The van der Waals surface area contributed by atoms with Crippen molar-refractivity contribution in [2.75, 3.05) is 23.7 Å². The fourth-order valence-electron chi connectivity index (χ4n) is 1.53. The van der Waals surface area contributed by atoms with E-state index < -0.39 is 10.0 Å². The lowest BCUT2D eigenvalue weighted by molar-refractivity contribution is -0.119. The van der Waals surface area contributed by atoms with Crippen molar-refractivity contribution in [2.24, 2.45) is 5.92 Å². The molecule has 1 heterocycles. The van der Waals surface area contributed by atoms with Gasteiger partial charge in [0.25, 0.3) is 0 Å². The standard InChI is InChI=1S/C12H21N3O4S/c1-9(2)5-6-13-12(16)8-15(20(4,17)18)11-7-10(3)19-14-11/h7,9H,5-6,8H2,1-4H3,(H,13,16). The quantitative estimate of drug-likeness (QED) is 0.808. The number of rotatable bonds is 7. The lowest BCUT2D eigenvalue weighted by atomic mass is 10.1. The van der Waals surface area contributed by atoms with Gasteiger partial charge in [0.1, 0.15) is 12.3 Å². The normalized spacial score (nSPS) is 11.7. The Bertz CT molecular complexity index is 551. The number of sulfonamides is 1. The predicted octanol–water partition coefficient (Wildman–Crippen LogP) is 0.911. The molecule has 0 fully saturated rings. The number of nitrogens with one attached hydrogen (secondary N) is 1. The number of carbonyl (C=O) groups excluding carboxylic acids is 1. The van der Waals surface area contributed by atoms with E-state index in [0.29, 0.717) is 18.2 Å². The summed E-state index contributed by atoms with van der Waals surface area (Å²) in [6.45, 7) is 5.97. The minimum Gasteiger partial charge on any atom is -0.360 e. The summed E-state index contributed by atoms with van der Waals surface area (Å²) >= 11 is 0. The van der Waals surface area contributed by atoms with E-state index >= 15 is 0 Å². The van der Waals surface area contributed by atoms with Gasteiger partial charge in [-0.15, -0.1) is 0 Å².